The second kappa shape index (κ2) is 4.72. The van der Waals surface area contributed by atoms with Gasteiger partial charge < -0.3 is 10.7 Å². The van der Waals surface area contributed by atoms with Gasteiger partial charge in [-0.2, -0.15) is 0 Å². The molecule has 0 saturated heterocycles. The Morgan fingerprint density at radius 2 is 2.22 bits per heavy atom. The molecule has 96 valence electrons. The number of primary amides is 1. The summed E-state index contributed by atoms with van der Waals surface area (Å²) in [5.74, 6) is -0.0408. The van der Waals surface area contributed by atoms with Gasteiger partial charge in [0.25, 0.3) is 0 Å². The van der Waals surface area contributed by atoms with Crippen LogP contribution in [0.3, 0.4) is 0 Å². The van der Waals surface area contributed by atoms with E-state index in [1.165, 1.54) is 19.3 Å². The molecular formula is C13H17N3OS. The minimum Gasteiger partial charge on any atom is -0.369 e. The Morgan fingerprint density at radius 1 is 1.44 bits per heavy atom. The number of hydrogen-bond acceptors (Lipinski definition) is 3. The third-order valence-electron chi connectivity index (χ3n) is 3.82. The van der Waals surface area contributed by atoms with Crippen LogP contribution >= 0.6 is 11.3 Å². The molecule has 1 aliphatic rings. The summed E-state index contributed by atoms with van der Waals surface area (Å²) in [5, 5.41) is 0.885. The van der Waals surface area contributed by atoms with Gasteiger partial charge in [0.15, 0.2) is 0 Å². The van der Waals surface area contributed by atoms with E-state index >= 15 is 0 Å². The molecule has 3 rings (SSSR count). The molecule has 2 aromatic heterocycles. The standard InChI is InChI=1S/C13H17N3OS/c14-11(17)10(8-4-2-1-3-5-8)13-16-9-6-7-15-12(9)18-13/h6-8,10,15H,1-5H2,(H2,14,17). The van der Waals surface area contributed by atoms with E-state index in [-0.39, 0.29) is 11.8 Å². The van der Waals surface area contributed by atoms with Gasteiger partial charge in [0.1, 0.15) is 9.84 Å². The number of H-pyrrole nitrogens is 1. The Hall–Kier alpha value is -1.36. The lowest BCUT2D eigenvalue weighted by atomic mass is 9.80. The number of rotatable bonds is 3. The van der Waals surface area contributed by atoms with Crippen LogP contribution in [0.4, 0.5) is 0 Å². The van der Waals surface area contributed by atoms with Crippen molar-refractivity contribution in [2.45, 2.75) is 38.0 Å². The van der Waals surface area contributed by atoms with E-state index in [1.807, 2.05) is 12.3 Å². The average molecular weight is 263 g/mol. The lowest BCUT2D eigenvalue weighted by molar-refractivity contribution is -0.120. The fourth-order valence-corrected chi connectivity index (χ4v) is 4.05. The monoisotopic (exact) mass is 263 g/mol. The Bertz CT molecular complexity index is 525. The summed E-state index contributed by atoms with van der Waals surface area (Å²) in [6, 6.07) is 1.94. The average Bonchev–Trinajstić information content (AvgIpc) is 2.91. The molecule has 1 aliphatic carbocycles. The van der Waals surface area contributed by atoms with Crippen LogP contribution < -0.4 is 5.73 Å². The molecule has 18 heavy (non-hydrogen) atoms. The van der Waals surface area contributed by atoms with Gasteiger partial charge in [0, 0.05) is 6.20 Å². The Morgan fingerprint density at radius 3 is 2.89 bits per heavy atom. The number of carbonyl (C=O) groups is 1. The number of carbonyl (C=O) groups excluding carboxylic acids is 1. The second-order valence-corrected chi connectivity index (χ2v) is 6.05. The first kappa shape index (κ1) is 11.7. The van der Waals surface area contributed by atoms with E-state index in [2.05, 4.69) is 9.97 Å². The summed E-state index contributed by atoms with van der Waals surface area (Å²) in [7, 11) is 0. The number of amides is 1. The van der Waals surface area contributed by atoms with Gasteiger partial charge in [-0.25, -0.2) is 4.98 Å². The molecule has 2 heterocycles. The number of nitrogens with two attached hydrogens (primary N) is 1. The zero-order valence-corrected chi connectivity index (χ0v) is 11.0. The molecule has 2 aromatic rings. The minimum atomic E-state index is -0.224. The minimum absolute atomic E-state index is 0.198. The van der Waals surface area contributed by atoms with Crippen molar-refractivity contribution in [3.05, 3.63) is 17.3 Å². The predicted octanol–water partition coefficient (Wildman–Crippen LogP) is 2.77. The zero-order valence-electron chi connectivity index (χ0n) is 10.2. The first-order valence-electron chi connectivity index (χ1n) is 6.49. The maximum atomic E-state index is 11.8. The van der Waals surface area contributed by atoms with Crippen molar-refractivity contribution in [1.29, 1.82) is 0 Å². The highest BCUT2D eigenvalue weighted by atomic mass is 32.1. The summed E-state index contributed by atoms with van der Waals surface area (Å²) >= 11 is 1.57. The summed E-state index contributed by atoms with van der Waals surface area (Å²) in [6.45, 7) is 0. The molecule has 0 aliphatic heterocycles. The predicted molar refractivity (Wildman–Crippen MR) is 72.5 cm³/mol. The molecule has 1 fully saturated rings. The van der Waals surface area contributed by atoms with Gasteiger partial charge in [-0.1, -0.05) is 30.6 Å². The lowest BCUT2D eigenvalue weighted by Crippen LogP contribution is -2.29. The van der Waals surface area contributed by atoms with Gasteiger partial charge in [-0.15, -0.1) is 0 Å². The van der Waals surface area contributed by atoms with Crippen LogP contribution in [0.25, 0.3) is 10.3 Å². The number of hydrogen-bond donors (Lipinski definition) is 2. The number of fused-ring (bicyclic) bond motifs is 1. The zero-order chi connectivity index (χ0) is 12.5. The van der Waals surface area contributed by atoms with Crippen LogP contribution in [-0.2, 0) is 4.79 Å². The summed E-state index contributed by atoms with van der Waals surface area (Å²) in [5.41, 5.74) is 6.55. The molecule has 0 aromatic carbocycles. The second-order valence-electron chi connectivity index (χ2n) is 5.02. The van der Waals surface area contributed by atoms with Gasteiger partial charge in [0.05, 0.1) is 11.4 Å². The van der Waals surface area contributed by atoms with Crippen molar-refractivity contribution >= 4 is 27.6 Å². The first-order chi connectivity index (χ1) is 8.75. The van der Waals surface area contributed by atoms with Gasteiger partial charge in [0.2, 0.25) is 5.91 Å². The maximum Gasteiger partial charge on any atom is 0.227 e. The normalized spacial score (nSPS) is 19.1. The largest absolute Gasteiger partial charge is 0.369 e. The molecule has 0 radical (unpaired) electrons. The first-order valence-corrected chi connectivity index (χ1v) is 7.30. The highest BCUT2D eigenvalue weighted by Crippen LogP contribution is 2.38. The molecule has 4 nitrogen and oxygen atoms in total. The summed E-state index contributed by atoms with van der Waals surface area (Å²) in [6.07, 6.45) is 7.76. The van der Waals surface area contributed by atoms with Gasteiger partial charge >= 0.3 is 0 Å². The third-order valence-corrected chi connectivity index (χ3v) is 4.90. The molecule has 1 atom stereocenters. The van der Waals surface area contributed by atoms with Crippen molar-refractivity contribution in [2.24, 2.45) is 11.7 Å². The summed E-state index contributed by atoms with van der Waals surface area (Å²) in [4.78, 5) is 20.5. The van der Waals surface area contributed by atoms with Crippen molar-refractivity contribution in [1.82, 2.24) is 9.97 Å². The highest BCUT2D eigenvalue weighted by molar-refractivity contribution is 7.18. The molecule has 5 heteroatoms. The van der Waals surface area contributed by atoms with E-state index in [1.54, 1.807) is 11.3 Å². The molecule has 1 unspecified atom stereocenters. The van der Waals surface area contributed by atoms with Gasteiger partial charge in [-0.05, 0) is 24.8 Å². The van der Waals surface area contributed by atoms with E-state index in [4.69, 9.17) is 5.73 Å². The molecule has 0 spiro atoms. The fraction of sp³-hybridized carbons (Fsp3) is 0.538. The number of aromatic amines is 1. The number of aromatic nitrogens is 2. The van der Waals surface area contributed by atoms with Crippen LogP contribution in [0.15, 0.2) is 12.3 Å². The number of nitrogens with one attached hydrogen (secondary N) is 1. The summed E-state index contributed by atoms with van der Waals surface area (Å²) < 4.78 is 0. The highest BCUT2D eigenvalue weighted by Gasteiger charge is 2.32. The maximum absolute atomic E-state index is 11.8. The van der Waals surface area contributed by atoms with Crippen LogP contribution in [0.1, 0.15) is 43.0 Å². The molecule has 0 bridgehead atoms. The molecule has 1 amide bonds. The number of thiazole rings is 1. The van der Waals surface area contributed by atoms with E-state index in [0.29, 0.717) is 5.92 Å². The molecular weight excluding hydrogens is 246 g/mol. The van der Waals surface area contributed by atoms with Crippen molar-refractivity contribution in [2.75, 3.05) is 0 Å². The van der Waals surface area contributed by atoms with E-state index < -0.39 is 0 Å². The Balaban J connectivity index is 1.93. The lowest BCUT2D eigenvalue weighted by Gasteiger charge is -2.26. The van der Waals surface area contributed by atoms with Crippen molar-refractivity contribution < 1.29 is 4.79 Å². The van der Waals surface area contributed by atoms with Crippen LogP contribution in [0, 0.1) is 5.92 Å². The Labute approximate surface area is 110 Å². The van der Waals surface area contributed by atoms with Gasteiger partial charge in [-0.3, -0.25) is 4.79 Å². The fourth-order valence-electron chi connectivity index (χ4n) is 2.92. The quantitative estimate of drug-likeness (QED) is 0.893. The third kappa shape index (κ3) is 2.03. The number of nitrogens with zero attached hydrogens (tertiary/aromatic N) is 1. The smallest absolute Gasteiger partial charge is 0.227 e. The Kier molecular flexibility index (Phi) is 3.07. The van der Waals surface area contributed by atoms with Crippen LogP contribution in [0.2, 0.25) is 0 Å². The van der Waals surface area contributed by atoms with Crippen molar-refractivity contribution in [3.8, 4) is 0 Å². The SMILES string of the molecule is NC(=O)C(c1nc2cc[nH]c2s1)C1CCCCC1. The molecule has 1 saturated carbocycles. The van der Waals surface area contributed by atoms with Crippen molar-refractivity contribution in [3.63, 3.8) is 0 Å². The van der Waals surface area contributed by atoms with Crippen LogP contribution in [0.5, 0.6) is 0 Å². The van der Waals surface area contributed by atoms with E-state index in [9.17, 15) is 4.79 Å². The topological polar surface area (TPSA) is 71.8 Å². The molecule has 3 N–H and O–H groups in total. The van der Waals surface area contributed by atoms with Crippen LogP contribution in [-0.4, -0.2) is 15.9 Å². The van der Waals surface area contributed by atoms with E-state index in [0.717, 1.165) is 28.2 Å².